The number of phenols is 3. The highest BCUT2D eigenvalue weighted by molar-refractivity contribution is 5.99. The maximum atomic E-state index is 11.7. The highest BCUT2D eigenvalue weighted by Gasteiger charge is 2.15. The van der Waals surface area contributed by atoms with Crippen molar-refractivity contribution in [2.75, 3.05) is 7.11 Å². The molecule has 0 bridgehead atoms. The van der Waals surface area contributed by atoms with Gasteiger partial charge in [-0.2, -0.15) is 0 Å². The molecule has 3 N–H and O–H groups in total. The Morgan fingerprint density at radius 2 is 1.76 bits per heavy atom. The summed E-state index contributed by atoms with van der Waals surface area (Å²) in [4.78, 5) is 16.0. The highest BCUT2D eigenvalue weighted by atomic mass is 16.5. The summed E-state index contributed by atoms with van der Waals surface area (Å²) in [6.07, 6.45) is 3.39. The number of ether oxygens (including phenoxy) is 1. The Kier molecular flexibility index (Phi) is 4.26. The van der Waals surface area contributed by atoms with Crippen LogP contribution in [-0.4, -0.2) is 33.4 Å². The smallest absolute Gasteiger partial charge is 0.341 e. The van der Waals surface area contributed by atoms with Gasteiger partial charge in [-0.3, -0.25) is 0 Å². The van der Waals surface area contributed by atoms with Gasteiger partial charge in [0.25, 0.3) is 0 Å². The number of carbonyl (C=O) groups is 1. The zero-order chi connectivity index (χ0) is 18.0. The van der Waals surface area contributed by atoms with Gasteiger partial charge < -0.3 is 20.1 Å². The van der Waals surface area contributed by atoms with Gasteiger partial charge >= 0.3 is 5.97 Å². The van der Waals surface area contributed by atoms with Crippen molar-refractivity contribution < 1.29 is 24.9 Å². The molecule has 0 saturated heterocycles. The number of hydrogen-bond donors (Lipinski definition) is 3. The third-order valence-corrected chi connectivity index (χ3v) is 3.71. The van der Waals surface area contributed by atoms with Crippen LogP contribution in [0.15, 0.2) is 42.5 Å². The number of methoxy groups -OCH3 is 1. The molecule has 0 spiro atoms. The average molecular weight is 337 g/mol. The molecule has 0 fully saturated rings. The largest absolute Gasteiger partial charge is 0.505 e. The van der Waals surface area contributed by atoms with Crippen LogP contribution in [0.25, 0.3) is 23.1 Å². The molecule has 3 aromatic rings. The molecule has 25 heavy (non-hydrogen) atoms. The molecule has 0 aliphatic carbocycles. The molecule has 6 nitrogen and oxygen atoms in total. The minimum Gasteiger partial charge on any atom is -0.505 e. The summed E-state index contributed by atoms with van der Waals surface area (Å²) in [6.45, 7) is 0. The molecule has 3 rings (SSSR count). The van der Waals surface area contributed by atoms with Gasteiger partial charge in [0.05, 0.1) is 12.8 Å². The van der Waals surface area contributed by atoms with Crippen LogP contribution in [0.3, 0.4) is 0 Å². The van der Waals surface area contributed by atoms with Crippen LogP contribution in [-0.2, 0) is 4.74 Å². The Labute approximate surface area is 143 Å². The van der Waals surface area contributed by atoms with Crippen molar-refractivity contribution in [1.29, 1.82) is 0 Å². The Morgan fingerprint density at radius 3 is 2.48 bits per heavy atom. The molecule has 0 aliphatic rings. The van der Waals surface area contributed by atoms with E-state index in [1.54, 1.807) is 36.4 Å². The molecule has 6 heteroatoms. The van der Waals surface area contributed by atoms with Gasteiger partial charge in [-0.1, -0.05) is 24.3 Å². The Hall–Kier alpha value is -3.54. The third-order valence-electron chi connectivity index (χ3n) is 3.71. The van der Waals surface area contributed by atoms with E-state index in [0.717, 1.165) is 0 Å². The summed E-state index contributed by atoms with van der Waals surface area (Å²) < 4.78 is 4.64. The van der Waals surface area contributed by atoms with Crippen molar-refractivity contribution in [3.8, 4) is 17.2 Å². The molecule has 0 radical (unpaired) electrons. The molecule has 0 amide bonds. The summed E-state index contributed by atoms with van der Waals surface area (Å²) in [7, 11) is 1.24. The average Bonchev–Trinajstić information content (AvgIpc) is 2.62. The van der Waals surface area contributed by atoms with Crippen LogP contribution in [0.2, 0.25) is 0 Å². The zero-order valence-electron chi connectivity index (χ0n) is 13.3. The van der Waals surface area contributed by atoms with Gasteiger partial charge in [-0.25, -0.2) is 9.78 Å². The van der Waals surface area contributed by atoms with Crippen molar-refractivity contribution in [3.63, 3.8) is 0 Å². The second kappa shape index (κ2) is 6.52. The van der Waals surface area contributed by atoms with Gasteiger partial charge in [0.15, 0.2) is 17.2 Å². The molecular weight excluding hydrogens is 322 g/mol. The second-order valence-electron chi connectivity index (χ2n) is 5.34. The van der Waals surface area contributed by atoms with Gasteiger partial charge in [-0.15, -0.1) is 0 Å². The molecular formula is C19H15NO5. The molecule has 0 saturated carbocycles. The number of phenolic OH excluding ortho intramolecular Hbond substituents is 3. The fraction of sp³-hybridized carbons (Fsp3) is 0.0526. The predicted molar refractivity (Wildman–Crippen MR) is 93.4 cm³/mol. The lowest BCUT2D eigenvalue weighted by atomic mass is 10.1. The molecule has 0 atom stereocenters. The van der Waals surface area contributed by atoms with Crippen molar-refractivity contribution in [3.05, 3.63) is 59.3 Å². The minimum absolute atomic E-state index is 0.0482. The lowest BCUT2D eigenvalue weighted by Crippen LogP contribution is -2.02. The third kappa shape index (κ3) is 3.23. The van der Waals surface area contributed by atoms with E-state index in [-0.39, 0.29) is 22.8 Å². The fourth-order valence-corrected chi connectivity index (χ4v) is 2.38. The first-order valence-corrected chi connectivity index (χ1v) is 7.40. The van der Waals surface area contributed by atoms with Crippen molar-refractivity contribution >= 4 is 29.0 Å². The molecule has 0 unspecified atom stereocenters. The van der Waals surface area contributed by atoms with E-state index in [1.807, 2.05) is 0 Å². The van der Waals surface area contributed by atoms with Crippen LogP contribution < -0.4 is 0 Å². The van der Waals surface area contributed by atoms with Gasteiger partial charge in [0.1, 0.15) is 11.1 Å². The zero-order valence-corrected chi connectivity index (χ0v) is 13.3. The summed E-state index contributed by atoms with van der Waals surface area (Å²) >= 11 is 0. The van der Waals surface area contributed by atoms with E-state index < -0.39 is 5.97 Å². The number of esters is 1. The number of aromatic nitrogens is 1. The number of rotatable bonds is 3. The number of hydrogen-bond acceptors (Lipinski definition) is 6. The van der Waals surface area contributed by atoms with E-state index in [2.05, 4.69) is 9.72 Å². The lowest BCUT2D eigenvalue weighted by molar-refractivity contribution is 0.0597. The van der Waals surface area contributed by atoms with Crippen LogP contribution in [0.5, 0.6) is 17.2 Å². The molecule has 126 valence electrons. The molecule has 2 aromatic carbocycles. The Balaban J connectivity index is 1.99. The molecule has 0 aliphatic heterocycles. The number of benzene rings is 2. The van der Waals surface area contributed by atoms with E-state index in [0.29, 0.717) is 22.2 Å². The number of carbonyl (C=O) groups excluding carboxylic acids is 1. The lowest BCUT2D eigenvalue weighted by Gasteiger charge is -2.06. The number of nitrogens with zero attached hydrogens (tertiary/aromatic N) is 1. The monoisotopic (exact) mass is 337 g/mol. The predicted octanol–water partition coefficient (Wildman–Crippen LogP) is 3.31. The maximum Gasteiger partial charge on any atom is 0.341 e. The first-order valence-electron chi connectivity index (χ1n) is 7.40. The summed E-state index contributed by atoms with van der Waals surface area (Å²) in [6, 6.07) is 11.1. The van der Waals surface area contributed by atoms with Crippen LogP contribution in [0.4, 0.5) is 0 Å². The minimum atomic E-state index is -0.637. The highest BCUT2D eigenvalue weighted by Crippen LogP contribution is 2.29. The van der Waals surface area contributed by atoms with Gasteiger partial charge in [0, 0.05) is 5.39 Å². The Bertz CT molecular complexity index is 995. The number of aromatic hydroxyl groups is 3. The van der Waals surface area contributed by atoms with Gasteiger partial charge in [0.2, 0.25) is 0 Å². The van der Waals surface area contributed by atoms with Crippen molar-refractivity contribution in [2.45, 2.75) is 0 Å². The van der Waals surface area contributed by atoms with E-state index in [1.165, 1.54) is 25.3 Å². The van der Waals surface area contributed by atoms with E-state index >= 15 is 0 Å². The topological polar surface area (TPSA) is 99.9 Å². The van der Waals surface area contributed by atoms with Crippen LogP contribution >= 0.6 is 0 Å². The summed E-state index contributed by atoms with van der Waals surface area (Å²) in [5.41, 5.74) is 1.56. The van der Waals surface area contributed by atoms with Gasteiger partial charge in [-0.05, 0) is 35.9 Å². The van der Waals surface area contributed by atoms with E-state index in [9.17, 15) is 20.1 Å². The SMILES string of the molecule is COC(=O)c1ccc2ccc(/C=C/c3ccc(O)c(O)c3)nc2c1O. The number of pyridine rings is 1. The summed E-state index contributed by atoms with van der Waals surface area (Å²) in [5.74, 6) is -1.28. The standard InChI is InChI=1S/C19H15NO5/c1-25-19(24)14-8-5-12-4-7-13(20-17(12)18(14)23)6-2-11-3-9-15(21)16(22)10-11/h2-10,21-23H,1H3/b6-2+. The number of fused-ring (bicyclic) bond motifs is 1. The van der Waals surface area contributed by atoms with E-state index in [4.69, 9.17) is 0 Å². The Morgan fingerprint density at radius 1 is 1.00 bits per heavy atom. The maximum absolute atomic E-state index is 11.7. The van der Waals surface area contributed by atoms with Crippen LogP contribution in [0, 0.1) is 0 Å². The first-order chi connectivity index (χ1) is 12.0. The first kappa shape index (κ1) is 16.3. The second-order valence-corrected chi connectivity index (χ2v) is 5.34. The normalized spacial score (nSPS) is 11.1. The molecule has 1 aromatic heterocycles. The summed E-state index contributed by atoms with van der Waals surface area (Å²) in [5, 5.41) is 29.8. The van der Waals surface area contributed by atoms with Crippen LogP contribution in [0.1, 0.15) is 21.6 Å². The quantitative estimate of drug-likeness (QED) is 0.501. The fourth-order valence-electron chi connectivity index (χ4n) is 2.38. The molecule has 1 heterocycles. The van der Waals surface area contributed by atoms with Crippen molar-refractivity contribution in [1.82, 2.24) is 4.98 Å². The van der Waals surface area contributed by atoms with Crippen molar-refractivity contribution in [2.24, 2.45) is 0 Å².